The summed E-state index contributed by atoms with van der Waals surface area (Å²) in [5.74, 6) is 0.412. The zero-order valence-electron chi connectivity index (χ0n) is 20.8. The molecule has 4 aromatic rings. The highest BCUT2D eigenvalue weighted by Gasteiger charge is 2.47. The molecule has 0 aliphatic carbocycles. The van der Waals surface area contributed by atoms with Gasteiger partial charge in [0.05, 0.1) is 22.6 Å². The molecule has 1 unspecified atom stereocenters. The van der Waals surface area contributed by atoms with Gasteiger partial charge in [-0.15, -0.1) is 24.8 Å². The summed E-state index contributed by atoms with van der Waals surface area (Å²) in [5, 5.41) is 21.1. The molecule has 1 amide bonds. The minimum atomic E-state index is -1.54. The van der Waals surface area contributed by atoms with Gasteiger partial charge in [-0.05, 0) is 60.7 Å². The van der Waals surface area contributed by atoms with E-state index in [0.29, 0.717) is 39.7 Å². The molecule has 5 rings (SSSR count). The van der Waals surface area contributed by atoms with Crippen LogP contribution in [0.1, 0.15) is 22.3 Å². The van der Waals surface area contributed by atoms with Gasteiger partial charge in [0.1, 0.15) is 11.6 Å². The van der Waals surface area contributed by atoms with Crippen molar-refractivity contribution < 1.29 is 9.72 Å². The molecule has 14 heteroatoms. The lowest BCUT2D eigenvalue weighted by Crippen LogP contribution is -2.44. The largest absolute Gasteiger partial charge is 0.383 e. The monoisotopic (exact) mass is 581 g/mol. The maximum Gasteiger partial charge on any atom is 0.326 e. The van der Waals surface area contributed by atoms with E-state index in [0.717, 1.165) is 0 Å². The second-order valence-corrected chi connectivity index (χ2v) is 8.55. The van der Waals surface area contributed by atoms with Crippen molar-refractivity contribution in [2.45, 2.75) is 12.1 Å². The molecule has 1 aliphatic heterocycles. The standard InChI is InChI=1S/C26H23N9O3.2ClH/c27-22-15-23(33-25(28)32-22)30-17-7-5-16(6-8-17)24(36)31-18-9-11-19(12-10-18)34-26(35(37)38)13-14-29-21-4-2-1-3-20(21)26;;/h1-12,14-15,34H,13H2,(H,31,36)(H5,27,28,30,32,33);2*1H. The highest BCUT2D eigenvalue weighted by Crippen LogP contribution is 2.39. The van der Waals surface area contributed by atoms with Crippen LogP contribution in [-0.2, 0) is 5.66 Å². The third-order valence-corrected chi connectivity index (χ3v) is 5.96. The number of fused-ring (bicyclic) bond motifs is 1. The zero-order chi connectivity index (χ0) is 26.7. The van der Waals surface area contributed by atoms with Crippen LogP contribution in [0.2, 0.25) is 0 Å². The van der Waals surface area contributed by atoms with Crippen molar-refractivity contribution in [1.82, 2.24) is 9.97 Å². The van der Waals surface area contributed by atoms with Crippen molar-refractivity contribution in [3.63, 3.8) is 0 Å². The maximum absolute atomic E-state index is 12.7. The fourth-order valence-electron chi connectivity index (χ4n) is 4.14. The molecule has 1 aromatic heterocycles. The number of benzene rings is 3. The summed E-state index contributed by atoms with van der Waals surface area (Å²) in [7, 11) is 0. The first-order valence-corrected chi connectivity index (χ1v) is 11.6. The van der Waals surface area contributed by atoms with Crippen molar-refractivity contribution in [2.24, 2.45) is 4.99 Å². The van der Waals surface area contributed by atoms with Gasteiger partial charge in [-0.2, -0.15) is 9.97 Å². The van der Waals surface area contributed by atoms with Crippen LogP contribution < -0.4 is 27.4 Å². The van der Waals surface area contributed by atoms with E-state index in [4.69, 9.17) is 11.5 Å². The zero-order valence-corrected chi connectivity index (χ0v) is 22.4. The van der Waals surface area contributed by atoms with Crippen LogP contribution in [0.5, 0.6) is 0 Å². The average molecular weight is 582 g/mol. The highest BCUT2D eigenvalue weighted by atomic mass is 35.5. The molecule has 40 heavy (non-hydrogen) atoms. The number of nitrogens with two attached hydrogens (primary N) is 2. The fraction of sp³-hybridized carbons (Fsp3) is 0.0769. The van der Waals surface area contributed by atoms with Gasteiger partial charge >= 0.3 is 5.66 Å². The first kappa shape index (κ1) is 29.6. The van der Waals surface area contributed by atoms with Gasteiger partial charge in [0.25, 0.3) is 5.91 Å². The van der Waals surface area contributed by atoms with Crippen molar-refractivity contribution in [2.75, 3.05) is 27.4 Å². The second-order valence-electron chi connectivity index (χ2n) is 8.55. The van der Waals surface area contributed by atoms with Crippen LogP contribution in [0.15, 0.2) is 83.9 Å². The molecular weight excluding hydrogens is 557 g/mol. The van der Waals surface area contributed by atoms with Crippen LogP contribution in [0, 0.1) is 10.1 Å². The number of nitro groups is 1. The van der Waals surface area contributed by atoms with Gasteiger partial charge in [0, 0.05) is 34.9 Å². The number of nitrogens with one attached hydrogen (secondary N) is 3. The Hall–Kier alpha value is -4.94. The first-order chi connectivity index (χ1) is 18.3. The highest BCUT2D eigenvalue weighted by molar-refractivity contribution is 6.04. The number of amides is 1. The summed E-state index contributed by atoms with van der Waals surface area (Å²) in [5.41, 5.74) is 13.0. The molecule has 2 heterocycles. The van der Waals surface area contributed by atoms with E-state index in [1.807, 2.05) is 0 Å². The Morgan fingerprint density at radius 3 is 2.23 bits per heavy atom. The Morgan fingerprint density at radius 2 is 1.55 bits per heavy atom. The predicted molar refractivity (Wildman–Crippen MR) is 161 cm³/mol. The third kappa shape index (κ3) is 6.20. The summed E-state index contributed by atoms with van der Waals surface area (Å²) in [6.07, 6.45) is 1.64. The van der Waals surface area contributed by atoms with E-state index < -0.39 is 5.66 Å². The molecular formula is C26H25Cl2N9O3. The molecule has 0 spiro atoms. The number of anilines is 6. The SMILES string of the molecule is Cl.Cl.Nc1cc(Nc2ccc(C(=O)Nc3ccc(NC4([N+](=O)[O-])CC=Nc5ccccc54)cc3)cc2)nc(N)n1. The van der Waals surface area contributed by atoms with E-state index in [-0.39, 0.29) is 53.8 Å². The number of carbonyl (C=O) groups excluding carboxylic acids is 1. The average Bonchev–Trinajstić information content (AvgIpc) is 2.90. The molecule has 206 valence electrons. The van der Waals surface area contributed by atoms with Gasteiger partial charge in [0.15, 0.2) is 0 Å². The van der Waals surface area contributed by atoms with E-state index >= 15 is 0 Å². The van der Waals surface area contributed by atoms with Gasteiger partial charge in [0.2, 0.25) is 5.95 Å². The van der Waals surface area contributed by atoms with Crippen LogP contribution in [0.3, 0.4) is 0 Å². The van der Waals surface area contributed by atoms with Crippen molar-refractivity contribution >= 4 is 77.3 Å². The Bertz CT molecular complexity index is 1530. The lowest BCUT2D eigenvalue weighted by Gasteiger charge is -2.29. The van der Waals surface area contributed by atoms with Gasteiger partial charge < -0.3 is 27.4 Å². The number of carbonyl (C=O) groups is 1. The molecule has 0 saturated carbocycles. The number of nitrogens with zero attached hydrogens (tertiary/aromatic N) is 4. The molecule has 3 aromatic carbocycles. The van der Waals surface area contributed by atoms with Crippen LogP contribution >= 0.6 is 24.8 Å². The van der Waals surface area contributed by atoms with E-state index in [9.17, 15) is 14.9 Å². The van der Waals surface area contributed by atoms with Crippen molar-refractivity contribution in [3.8, 4) is 0 Å². The van der Waals surface area contributed by atoms with Crippen LogP contribution in [-0.4, -0.2) is 27.0 Å². The van der Waals surface area contributed by atoms with Gasteiger partial charge in [-0.25, -0.2) is 0 Å². The van der Waals surface area contributed by atoms with Crippen LogP contribution in [0.25, 0.3) is 0 Å². The summed E-state index contributed by atoms with van der Waals surface area (Å²) >= 11 is 0. The Labute approximate surface area is 241 Å². The fourth-order valence-corrected chi connectivity index (χ4v) is 4.14. The molecule has 0 saturated heterocycles. The molecule has 12 nitrogen and oxygen atoms in total. The van der Waals surface area contributed by atoms with Crippen molar-refractivity contribution in [1.29, 1.82) is 0 Å². The van der Waals surface area contributed by atoms with Gasteiger partial charge in [-0.3, -0.25) is 19.9 Å². The Balaban J connectivity index is 0.00000220. The smallest absolute Gasteiger partial charge is 0.326 e. The maximum atomic E-state index is 12.7. The summed E-state index contributed by atoms with van der Waals surface area (Å²) in [6.45, 7) is 0. The Morgan fingerprint density at radius 1 is 0.900 bits per heavy atom. The third-order valence-electron chi connectivity index (χ3n) is 5.96. The lowest BCUT2D eigenvalue weighted by molar-refractivity contribution is -0.568. The Kier molecular flexibility index (Phi) is 9.09. The van der Waals surface area contributed by atoms with E-state index in [1.165, 1.54) is 0 Å². The summed E-state index contributed by atoms with van der Waals surface area (Å²) in [4.78, 5) is 36.7. The quantitative estimate of drug-likeness (QED) is 0.112. The number of rotatable bonds is 7. The number of hydrogen-bond acceptors (Lipinski definition) is 10. The van der Waals surface area contributed by atoms with Crippen molar-refractivity contribution in [3.05, 3.63) is 100 Å². The predicted octanol–water partition coefficient (Wildman–Crippen LogP) is 5.13. The molecule has 1 atom stereocenters. The molecule has 0 radical (unpaired) electrons. The summed E-state index contributed by atoms with van der Waals surface area (Å²) < 4.78 is 0. The number of aromatic nitrogens is 2. The lowest BCUT2D eigenvalue weighted by atomic mass is 9.92. The minimum Gasteiger partial charge on any atom is -0.383 e. The van der Waals surface area contributed by atoms with E-state index in [2.05, 4.69) is 30.9 Å². The number of halogens is 2. The normalized spacial score (nSPS) is 15.0. The number of hydrogen-bond donors (Lipinski definition) is 5. The molecule has 0 fully saturated rings. The van der Waals surface area contributed by atoms with Gasteiger partial charge in [-0.1, -0.05) is 12.1 Å². The number of nitrogen functional groups attached to an aromatic ring is 2. The minimum absolute atomic E-state index is 0. The molecule has 0 bridgehead atoms. The number of para-hydroxylation sites is 1. The van der Waals surface area contributed by atoms with E-state index in [1.54, 1.807) is 85.1 Å². The van der Waals surface area contributed by atoms with Crippen LogP contribution in [0.4, 0.5) is 40.3 Å². The topological polar surface area (TPSA) is 186 Å². The molecule has 7 N–H and O–H groups in total. The second kappa shape index (κ2) is 12.3. The summed E-state index contributed by atoms with van der Waals surface area (Å²) in [6, 6.07) is 22.0. The first-order valence-electron chi connectivity index (χ1n) is 11.6. The molecule has 1 aliphatic rings. The number of aliphatic imine (C=N–C) groups is 1.